The third-order valence-corrected chi connectivity index (χ3v) is 6.52. The highest BCUT2D eigenvalue weighted by molar-refractivity contribution is 5.97. The molecule has 7 heteroatoms. The molecule has 0 saturated heterocycles. The lowest BCUT2D eigenvalue weighted by Crippen LogP contribution is -2.32. The zero-order valence-electron chi connectivity index (χ0n) is 22.0. The van der Waals surface area contributed by atoms with Crippen molar-refractivity contribution in [3.05, 3.63) is 77.2 Å². The van der Waals surface area contributed by atoms with Crippen LogP contribution in [0.1, 0.15) is 65.1 Å². The highest BCUT2D eigenvalue weighted by atomic mass is 16.5. The number of aryl methyl sites for hydroxylation is 1. The molecule has 0 spiro atoms. The van der Waals surface area contributed by atoms with E-state index < -0.39 is 0 Å². The van der Waals surface area contributed by atoms with Crippen molar-refractivity contribution >= 4 is 11.7 Å². The largest absolute Gasteiger partial charge is 0.490 e. The van der Waals surface area contributed by atoms with Gasteiger partial charge in [-0.15, -0.1) is 0 Å². The highest BCUT2D eigenvalue weighted by Gasteiger charge is 2.19. The number of nitrogens with zero attached hydrogens (tertiary/aromatic N) is 3. The van der Waals surface area contributed by atoms with E-state index in [4.69, 9.17) is 4.74 Å². The second-order valence-corrected chi connectivity index (χ2v) is 10.1. The van der Waals surface area contributed by atoms with E-state index in [0.29, 0.717) is 48.2 Å². The quantitative estimate of drug-likeness (QED) is 0.487. The summed E-state index contributed by atoms with van der Waals surface area (Å²) in [6.07, 6.45) is 5.93. The fraction of sp³-hybridized carbons (Fsp3) is 0.400. The first-order valence-electron chi connectivity index (χ1n) is 13.1. The molecular weight excluding hydrogens is 464 g/mol. The molecule has 3 heterocycles. The number of hydrogen-bond acceptors (Lipinski definition) is 6. The Morgan fingerprint density at radius 3 is 2.68 bits per heavy atom. The number of amides is 1. The van der Waals surface area contributed by atoms with Gasteiger partial charge in [0.15, 0.2) is 5.78 Å². The number of hydrogen-bond donors (Lipinski definition) is 1. The number of fused-ring (bicyclic) bond motifs is 1. The zero-order chi connectivity index (χ0) is 26.2. The lowest BCUT2D eigenvalue weighted by molar-refractivity contribution is 0.0944. The van der Waals surface area contributed by atoms with Gasteiger partial charge < -0.3 is 10.1 Å². The molecule has 0 atom stereocenters. The van der Waals surface area contributed by atoms with Crippen LogP contribution >= 0.6 is 0 Å². The van der Waals surface area contributed by atoms with Crippen LogP contribution in [-0.4, -0.2) is 52.8 Å². The number of Topliss-reactive ketones (excluding diaryl/α,β-unsaturated/α-hetero) is 1. The van der Waals surface area contributed by atoms with Gasteiger partial charge in [-0.1, -0.05) is 32.0 Å². The second kappa shape index (κ2) is 12.6. The maximum Gasteiger partial charge on any atom is 0.251 e. The predicted molar refractivity (Wildman–Crippen MR) is 145 cm³/mol. The SMILES string of the molecule is Cc1cncc(CNC(=O)c2ccc(-c3ccc4c(n3)C(=O)CCCN(CCC(C)C)CCO4)cc2)c1. The van der Waals surface area contributed by atoms with E-state index in [1.807, 2.05) is 37.3 Å². The Labute approximate surface area is 219 Å². The average molecular weight is 501 g/mol. The monoisotopic (exact) mass is 500 g/mol. The van der Waals surface area contributed by atoms with Gasteiger partial charge >= 0.3 is 0 Å². The summed E-state index contributed by atoms with van der Waals surface area (Å²) in [5.41, 5.74) is 4.48. The van der Waals surface area contributed by atoms with Crippen LogP contribution in [0.15, 0.2) is 54.9 Å². The van der Waals surface area contributed by atoms with Crippen LogP contribution in [0.4, 0.5) is 0 Å². The van der Waals surface area contributed by atoms with Gasteiger partial charge in [0.05, 0.1) is 5.69 Å². The number of aromatic nitrogens is 2. The van der Waals surface area contributed by atoms with Gasteiger partial charge in [0.1, 0.15) is 18.1 Å². The van der Waals surface area contributed by atoms with E-state index in [2.05, 4.69) is 34.0 Å². The van der Waals surface area contributed by atoms with Crippen molar-refractivity contribution in [1.29, 1.82) is 0 Å². The summed E-state index contributed by atoms with van der Waals surface area (Å²) in [6, 6.07) is 13.0. The summed E-state index contributed by atoms with van der Waals surface area (Å²) in [7, 11) is 0. The van der Waals surface area contributed by atoms with Gasteiger partial charge in [-0.05, 0) is 74.2 Å². The first-order valence-corrected chi connectivity index (χ1v) is 13.1. The van der Waals surface area contributed by atoms with Crippen molar-refractivity contribution in [3.8, 4) is 17.0 Å². The first-order chi connectivity index (χ1) is 17.9. The summed E-state index contributed by atoms with van der Waals surface area (Å²) in [4.78, 5) is 36.8. The summed E-state index contributed by atoms with van der Waals surface area (Å²) in [5.74, 6) is 1.05. The topological polar surface area (TPSA) is 84.4 Å². The van der Waals surface area contributed by atoms with Crippen molar-refractivity contribution in [2.45, 2.75) is 46.6 Å². The third-order valence-electron chi connectivity index (χ3n) is 6.52. The Hall–Kier alpha value is -3.58. The molecule has 1 N–H and O–H groups in total. The summed E-state index contributed by atoms with van der Waals surface area (Å²) >= 11 is 0. The molecule has 2 aromatic heterocycles. The zero-order valence-corrected chi connectivity index (χ0v) is 22.0. The first kappa shape index (κ1) is 26.5. The number of pyridine rings is 2. The van der Waals surface area contributed by atoms with Gasteiger partial charge in [0.25, 0.3) is 5.91 Å². The molecule has 7 nitrogen and oxygen atoms in total. The van der Waals surface area contributed by atoms with Crippen molar-refractivity contribution in [1.82, 2.24) is 20.2 Å². The highest BCUT2D eigenvalue weighted by Crippen LogP contribution is 2.26. The number of ketones is 1. The van der Waals surface area contributed by atoms with Gasteiger partial charge in [-0.2, -0.15) is 0 Å². The number of ether oxygens (including phenoxy) is 1. The van der Waals surface area contributed by atoms with Crippen LogP contribution in [0.2, 0.25) is 0 Å². The standard InChI is InChI=1S/C30H36N4O3/c1-21(2)12-14-34-13-4-5-27(35)29-28(37-16-15-34)11-10-26(33-29)24-6-8-25(9-7-24)30(36)32-20-23-17-22(3)18-31-19-23/h6-11,17-19,21H,4-5,12-16,20H2,1-3H3,(H,32,36). The molecule has 0 saturated carbocycles. The molecule has 0 unspecified atom stereocenters. The minimum absolute atomic E-state index is 0.00389. The molecule has 37 heavy (non-hydrogen) atoms. The fourth-order valence-corrected chi connectivity index (χ4v) is 4.36. The van der Waals surface area contributed by atoms with Gasteiger partial charge in [-0.25, -0.2) is 4.98 Å². The Kier molecular flexibility index (Phi) is 9.01. The van der Waals surface area contributed by atoms with Crippen LogP contribution in [0.3, 0.4) is 0 Å². The minimum Gasteiger partial charge on any atom is -0.490 e. The average Bonchev–Trinajstić information content (AvgIpc) is 2.90. The Bertz CT molecular complexity index is 1220. The minimum atomic E-state index is -0.155. The number of rotatable bonds is 7. The molecule has 1 aromatic carbocycles. The molecule has 0 aliphatic carbocycles. The Balaban J connectivity index is 1.42. The lowest BCUT2D eigenvalue weighted by Gasteiger charge is -2.24. The van der Waals surface area contributed by atoms with Crippen LogP contribution in [0.25, 0.3) is 11.3 Å². The Morgan fingerprint density at radius 1 is 1.11 bits per heavy atom. The molecule has 0 bridgehead atoms. The van der Waals surface area contributed by atoms with Gasteiger partial charge in [0.2, 0.25) is 0 Å². The van der Waals surface area contributed by atoms with E-state index in [9.17, 15) is 9.59 Å². The molecular formula is C30H36N4O3. The van der Waals surface area contributed by atoms with E-state index in [1.54, 1.807) is 24.5 Å². The molecule has 1 amide bonds. The van der Waals surface area contributed by atoms with Gasteiger partial charge in [0, 0.05) is 43.0 Å². The normalized spacial score (nSPS) is 14.6. The van der Waals surface area contributed by atoms with Crippen LogP contribution in [0.5, 0.6) is 5.75 Å². The molecule has 0 fully saturated rings. The van der Waals surface area contributed by atoms with E-state index in [-0.39, 0.29) is 11.7 Å². The predicted octanol–water partition coefficient (Wildman–Crippen LogP) is 5.09. The van der Waals surface area contributed by atoms with Gasteiger partial charge in [-0.3, -0.25) is 19.5 Å². The van der Waals surface area contributed by atoms with Crippen LogP contribution < -0.4 is 10.1 Å². The maximum atomic E-state index is 13.0. The van der Waals surface area contributed by atoms with Crippen LogP contribution in [-0.2, 0) is 6.54 Å². The van der Waals surface area contributed by atoms with Crippen molar-refractivity contribution in [2.24, 2.45) is 5.92 Å². The maximum absolute atomic E-state index is 13.0. The van der Waals surface area contributed by atoms with E-state index >= 15 is 0 Å². The second-order valence-electron chi connectivity index (χ2n) is 10.1. The Morgan fingerprint density at radius 2 is 1.92 bits per heavy atom. The van der Waals surface area contributed by atoms with Crippen molar-refractivity contribution in [3.63, 3.8) is 0 Å². The van der Waals surface area contributed by atoms with E-state index in [1.165, 1.54) is 0 Å². The lowest BCUT2D eigenvalue weighted by atomic mass is 10.1. The molecule has 1 aliphatic heterocycles. The van der Waals surface area contributed by atoms with E-state index in [0.717, 1.165) is 49.2 Å². The summed E-state index contributed by atoms with van der Waals surface area (Å²) in [6.45, 7) is 10.1. The molecule has 194 valence electrons. The third kappa shape index (κ3) is 7.46. The van der Waals surface area contributed by atoms with Crippen molar-refractivity contribution < 1.29 is 14.3 Å². The number of nitrogens with one attached hydrogen (secondary N) is 1. The molecule has 3 aromatic rings. The number of carbonyl (C=O) groups is 2. The smallest absolute Gasteiger partial charge is 0.251 e. The number of benzene rings is 1. The van der Waals surface area contributed by atoms with Crippen LogP contribution in [0, 0.1) is 12.8 Å². The molecule has 1 aliphatic rings. The van der Waals surface area contributed by atoms with Crippen molar-refractivity contribution in [2.75, 3.05) is 26.2 Å². The number of carbonyl (C=O) groups excluding carboxylic acids is 2. The summed E-state index contributed by atoms with van der Waals surface area (Å²) in [5, 5.41) is 2.93. The fourth-order valence-electron chi connectivity index (χ4n) is 4.36. The summed E-state index contributed by atoms with van der Waals surface area (Å²) < 4.78 is 6.00. The molecule has 4 rings (SSSR count). The molecule has 0 radical (unpaired) electrons.